The van der Waals surface area contributed by atoms with Gasteiger partial charge in [-0.2, -0.15) is 0 Å². The number of sulfonamides is 1. The quantitative estimate of drug-likeness (QED) is 0.435. The maximum Gasteiger partial charge on any atom is 0.268 e. The summed E-state index contributed by atoms with van der Waals surface area (Å²) in [6.07, 6.45) is 0. The third kappa shape index (κ3) is 4.16. The van der Waals surface area contributed by atoms with Crippen LogP contribution in [-0.2, 0) is 10.0 Å². The van der Waals surface area contributed by atoms with Crippen LogP contribution in [0.5, 0.6) is 5.75 Å². The molecule has 154 valence electrons. The molecule has 0 radical (unpaired) electrons. The van der Waals surface area contributed by atoms with E-state index in [0.29, 0.717) is 16.6 Å². The van der Waals surface area contributed by atoms with Crippen molar-refractivity contribution >= 4 is 59.6 Å². The van der Waals surface area contributed by atoms with Crippen molar-refractivity contribution in [1.82, 2.24) is 4.98 Å². The lowest BCUT2D eigenvalue weighted by Crippen LogP contribution is -2.18. The van der Waals surface area contributed by atoms with E-state index < -0.39 is 15.9 Å². The number of anilines is 2. The molecule has 2 heterocycles. The molecule has 0 aliphatic heterocycles. The number of aryl methyl sites for hydroxylation is 1. The van der Waals surface area contributed by atoms with E-state index in [9.17, 15) is 13.2 Å². The van der Waals surface area contributed by atoms with Crippen molar-refractivity contribution < 1.29 is 17.9 Å². The van der Waals surface area contributed by atoms with Gasteiger partial charge >= 0.3 is 0 Å². The first-order valence-corrected chi connectivity index (χ1v) is 12.0. The van der Waals surface area contributed by atoms with Gasteiger partial charge in [0, 0.05) is 5.69 Å². The molecule has 0 unspecified atom stereocenters. The normalized spacial score (nSPS) is 11.4. The van der Waals surface area contributed by atoms with Crippen LogP contribution in [0.2, 0.25) is 0 Å². The van der Waals surface area contributed by atoms with Gasteiger partial charge in [-0.15, -0.1) is 11.3 Å². The van der Waals surface area contributed by atoms with Crippen LogP contribution in [0.25, 0.3) is 10.2 Å². The number of carbonyl (C=O) groups is 1. The van der Waals surface area contributed by atoms with E-state index in [1.807, 2.05) is 13.0 Å². The smallest absolute Gasteiger partial charge is 0.268 e. The van der Waals surface area contributed by atoms with Crippen LogP contribution < -0.4 is 14.8 Å². The molecular weight excluding hydrogens is 442 g/mol. The van der Waals surface area contributed by atoms with Crippen LogP contribution in [0.15, 0.2) is 58.8 Å². The number of thiophene rings is 1. The Morgan fingerprint density at radius 3 is 2.60 bits per heavy atom. The summed E-state index contributed by atoms with van der Waals surface area (Å²) < 4.78 is 34.2. The summed E-state index contributed by atoms with van der Waals surface area (Å²) >= 11 is 2.34. The van der Waals surface area contributed by atoms with Gasteiger partial charge in [0.15, 0.2) is 5.13 Å². The fourth-order valence-electron chi connectivity index (χ4n) is 2.75. The summed E-state index contributed by atoms with van der Waals surface area (Å²) in [7, 11) is -2.34. The van der Waals surface area contributed by atoms with Gasteiger partial charge in [-0.05, 0) is 48.7 Å². The van der Waals surface area contributed by atoms with Crippen LogP contribution in [0.3, 0.4) is 0 Å². The monoisotopic (exact) mass is 459 g/mol. The molecule has 0 bridgehead atoms. The van der Waals surface area contributed by atoms with Gasteiger partial charge < -0.3 is 4.74 Å². The minimum absolute atomic E-state index is 0.0756. The number of fused-ring (bicyclic) bond motifs is 1. The third-order valence-electron chi connectivity index (χ3n) is 4.24. The number of thiazole rings is 1. The van der Waals surface area contributed by atoms with Gasteiger partial charge in [0.1, 0.15) is 15.5 Å². The number of nitrogens with one attached hydrogen (secondary N) is 2. The number of benzene rings is 2. The van der Waals surface area contributed by atoms with Crippen molar-refractivity contribution in [2.24, 2.45) is 0 Å². The predicted octanol–water partition coefficient (Wildman–Crippen LogP) is 4.73. The molecule has 0 saturated carbocycles. The molecule has 2 aromatic carbocycles. The van der Waals surface area contributed by atoms with Gasteiger partial charge in [0.05, 0.1) is 17.3 Å². The van der Waals surface area contributed by atoms with Crippen LogP contribution in [0.1, 0.15) is 15.2 Å². The van der Waals surface area contributed by atoms with Gasteiger partial charge in [-0.3, -0.25) is 14.8 Å². The maximum absolute atomic E-state index is 12.8. The number of hydrogen-bond acceptors (Lipinski definition) is 7. The van der Waals surface area contributed by atoms with Crippen LogP contribution in [0.4, 0.5) is 10.8 Å². The summed E-state index contributed by atoms with van der Waals surface area (Å²) in [4.78, 5) is 17.2. The highest BCUT2D eigenvalue weighted by molar-refractivity contribution is 7.93. The Hall–Kier alpha value is -2.95. The van der Waals surface area contributed by atoms with E-state index in [1.165, 1.54) is 17.4 Å². The standard InChI is InChI=1S/C20H17N3O4S3/c1-12-3-5-13(6-4-12)23-30(25,26)17-9-10-28-18(17)19(24)22-20-21-15-8-7-14(27-2)11-16(15)29-20/h3-11,23H,1-2H3,(H,21,22,24). The van der Waals surface area contributed by atoms with Crippen molar-refractivity contribution in [2.45, 2.75) is 11.8 Å². The number of carbonyl (C=O) groups excluding carboxylic acids is 1. The summed E-state index contributed by atoms with van der Waals surface area (Å²) in [5, 5.41) is 4.65. The highest BCUT2D eigenvalue weighted by Gasteiger charge is 2.25. The molecule has 0 aliphatic rings. The Kier molecular flexibility index (Phi) is 5.46. The van der Waals surface area contributed by atoms with Crippen molar-refractivity contribution in [2.75, 3.05) is 17.1 Å². The zero-order valence-electron chi connectivity index (χ0n) is 16.0. The summed E-state index contributed by atoms with van der Waals surface area (Å²) in [5.41, 5.74) is 2.16. The van der Waals surface area contributed by atoms with E-state index >= 15 is 0 Å². The van der Waals surface area contributed by atoms with Gasteiger partial charge in [-0.25, -0.2) is 13.4 Å². The minimum atomic E-state index is -3.92. The largest absolute Gasteiger partial charge is 0.497 e. The lowest BCUT2D eigenvalue weighted by atomic mass is 10.2. The molecule has 2 aromatic heterocycles. The maximum atomic E-state index is 12.8. The lowest BCUT2D eigenvalue weighted by molar-refractivity contribution is 0.102. The Bertz CT molecular complexity index is 1330. The Morgan fingerprint density at radius 1 is 1.10 bits per heavy atom. The molecule has 7 nitrogen and oxygen atoms in total. The summed E-state index contributed by atoms with van der Waals surface area (Å²) in [5.74, 6) is 0.165. The molecular formula is C20H17N3O4S3. The number of methoxy groups -OCH3 is 1. The first-order valence-electron chi connectivity index (χ1n) is 8.78. The molecule has 4 aromatic rings. The van der Waals surface area contributed by atoms with Crippen LogP contribution in [-0.4, -0.2) is 26.4 Å². The highest BCUT2D eigenvalue weighted by atomic mass is 32.2. The van der Waals surface area contributed by atoms with E-state index in [2.05, 4.69) is 15.0 Å². The van der Waals surface area contributed by atoms with Gasteiger partial charge in [-0.1, -0.05) is 29.0 Å². The molecule has 0 aliphatic carbocycles. The minimum Gasteiger partial charge on any atom is -0.497 e. The Balaban J connectivity index is 1.57. The summed E-state index contributed by atoms with van der Waals surface area (Å²) in [6.45, 7) is 1.91. The Labute approximate surface area is 181 Å². The zero-order chi connectivity index (χ0) is 21.3. The second kappa shape index (κ2) is 8.05. The number of rotatable bonds is 6. The van der Waals surface area contributed by atoms with Gasteiger partial charge in [0.25, 0.3) is 15.9 Å². The molecule has 0 spiro atoms. The zero-order valence-corrected chi connectivity index (χ0v) is 18.5. The second-order valence-corrected chi connectivity index (χ2v) is 9.99. The highest BCUT2D eigenvalue weighted by Crippen LogP contribution is 2.31. The van der Waals surface area contributed by atoms with Gasteiger partial charge in [0.2, 0.25) is 0 Å². The molecule has 4 rings (SSSR count). The molecule has 30 heavy (non-hydrogen) atoms. The molecule has 1 amide bonds. The first-order chi connectivity index (χ1) is 14.4. The fraction of sp³-hybridized carbons (Fsp3) is 0.100. The van der Waals surface area contributed by atoms with Crippen molar-refractivity contribution in [3.05, 3.63) is 64.4 Å². The molecule has 0 saturated heterocycles. The number of nitrogens with zero attached hydrogens (tertiary/aromatic N) is 1. The second-order valence-electron chi connectivity index (χ2n) is 6.39. The number of ether oxygens (including phenoxy) is 1. The Morgan fingerprint density at radius 2 is 1.87 bits per heavy atom. The van der Waals surface area contributed by atoms with Crippen molar-refractivity contribution in [3.63, 3.8) is 0 Å². The summed E-state index contributed by atoms with van der Waals surface area (Å²) in [6, 6.07) is 13.8. The molecule has 10 heteroatoms. The number of amides is 1. The van der Waals surface area contributed by atoms with Crippen LogP contribution in [0, 0.1) is 6.92 Å². The van der Waals surface area contributed by atoms with Crippen molar-refractivity contribution in [1.29, 1.82) is 0 Å². The first kappa shape index (κ1) is 20.3. The van der Waals surface area contributed by atoms with E-state index in [4.69, 9.17) is 4.74 Å². The van der Waals surface area contributed by atoms with E-state index in [0.717, 1.165) is 27.1 Å². The number of aromatic nitrogens is 1. The lowest BCUT2D eigenvalue weighted by Gasteiger charge is -2.09. The molecule has 2 N–H and O–H groups in total. The third-order valence-corrected chi connectivity index (χ3v) is 7.64. The predicted molar refractivity (Wildman–Crippen MR) is 120 cm³/mol. The van der Waals surface area contributed by atoms with Crippen LogP contribution >= 0.6 is 22.7 Å². The average molecular weight is 460 g/mol. The number of hydrogen-bond donors (Lipinski definition) is 2. The van der Waals surface area contributed by atoms with Crippen molar-refractivity contribution in [3.8, 4) is 5.75 Å². The molecule has 0 atom stereocenters. The molecule has 0 fully saturated rings. The van der Waals surface area contributed by atoms with E-state index in [-0.39, 0.29) is 9.77 Å². The average Bonchev–Trinajstić information content (AvgIpc) is 3.36. The van der Waals surface area contributed by atoms with E-state index in [1.54, 1.807) is 48.9 Å². The SMILES string of the molecule is COc1ccc2nc(NC(=O)c3sccc3S(=O)(=O)Nc3ccc(C)cc3)sc2c1. The fourth-order valence-corrected chi connectivity index (χ4v) is 6.02. The topological polar surface area (TPSA) is 97.4 Å².